The van der Waals surface area contributed by atoms with Crippen LogP contribution >= 0.6 is 0 Å². The van der Waals surface area contributed by atoms with Gasteiger partial charge in [0.05, 0.1) is 11.9 Å². The van der Waals surface area contributed by atoms with Crippen molar-refractivity contribution in [3.8, 4) is 5.75 Å². The van der Waals surface area contributed by atoms with Crippen molar-refractivity contribution in [3.63, 3.8) is 0 Å². The largest absolute Gasteiger partial charge is 0.482 e. The highest BCUT2D eigenvalue weighted by atomic mass is 19.4. The SMILES string of the molecule is O=C(Nc1cnccc1OCC(F)(F)F)c1ccnc(Nc2ccc(F)cc2F)n1. The van der Waals surface area contributed by atoms with Crippen molar-refractivity contribution in [2.24, 2.45) is 0 Å². The number of amides is 1. The molecule has 12 heteroatoms. The minimum Gasteiger partial charge on any atom is -0.482 e. The van der Waals surface area contributed by atoms with Gasteiger partial charge in [0.1, 0.15) is 28.8 Å². The number of hydrogen-bond donors (Lipinski definition) is 2. The summed E-state index contributed by atoms with van der Waals surface area (Å²) in [7, 11) is 0. The molecular formula is C18H12F5N5O2. The summed E-state index contributed by atoms with van der Waals surface area (Å²) in [6, 6.07) is 5.19. The van der Waals surface area contributed by atoms with Gasteiger partial charge in [0.2, 0.25) is 5.95 Å². The Morgan fingerprint density at radius 1 is 1.07 bits per heavy atom. The first-order chi connectivity index (χ1) is 14.2. The Hall–Kier alpha value is -3.83. The third kappa shape index (κ3) is 5.59. The van der Waals surface area contributed by atoms with Crippen LogP contribution in [0, 0.1) is 11.6 Å². The molecule has 0 spiro atoms. The first kappa shape index (κ1) is 20.9. The zero-order valence-corrected chi connectivity index (χ0v) is 14.9. The monoisotopic (exact) mass is 425 g/mol. The zero-order valence-electron chi connectivity index (χ0n) is 14.9. The molecule has 2 heterocycles. The minimum absolute atomic E-state index is 0.107. The fourth-order valence-electron chi connectivity index (χ4n) is 2.20. The Balaban J connectivity index is 1.75. The van der Waals surface area contributed by atoms with Crippen molar-refractivity contribution in [3.05, 3.63) is 66.3 Å². The van der Waals surface area contributed by atoms with E-state index in [0.29, 0.717) is 6.07 Å². The van der Waals surface area contributed by atoms with Gasteiger partial charge in [0, 0.05) is 24.5 Å². The number of aromatic nitrogens is 3. The van der Waals surface area contributed by atoms with E-state index in [2.05, 4.69) is 30.3 Å². The van der Waals surface area contributed by atoms with Gasteiger partial charge in [-0.05, 0) is 18.2 Å². The molecule has 3 aromatic rings. The number of nitrogens with zero attached hydrogens (tertiary/aromatic N) is 3. The molecule has 156 valence electrons. The Morgan fingerprint density at radius 2 is 1.87 bits per heavy atom. The van der Waals surface area contributed by atoms with Gasteiger partial charge in [0.15, 0.2) is 6.61 Å². The number of carbonyl (C=O) groups is 1. The summed E-state index contributed by atoms with van der Waals surface area (Å²) >= 11 is 0. The summed E-state index contributed by atoms with van der Waals surface area (Å²) in [5, 5.41) is 4.84. The summed E-state index contributed by atoms with van der Waals surface area (Å²) in [5.41, 5.74) is -0.408. The molecule has 30 heavy (non-hydrogen) atoms. The van der Waals surface area contributed by atoms with E-state index in [4.69, 9.17) is 0 Å². The van der Waals surface area contributed by atoms with Crippen LogP contribution < -0.4 is 15.4 Å². The Labute approximate surface area is 166 Å². The number of halogens is 5. The van der Waals surface area contributed by atoms with Gasteiger partial charge >= 0.3 is 6.18 Å². The van der Waals surface area contributed by atoms with Crippen LogP contribution in [0.4, 0.5) is 39.3 Å². The second-order valence-electron chi connectivity index (χ2n) is 5.74. The Kier molecular flexibility index (Phi) is 6.04. The highest BCUT2D eigenvalue weighted by Gasteiger charge is 2.29. The van der Waals surface area contributed by atoms with Crippen LogP contribution in [0.3, 0.4) is 0 Å². The van der Waals surface area contributed by atoms with Crippen molar-refractivity contribution in [2.45, 2.75) is 6.18 Å². The van der Waals surface area contributed by atoms with E-state index in [9.17, 15) is 26.7 Å². The first-order valence-corrected chi connectivity index (χ1v) is 8.21. The van der Waals surface area contributed by atoms with Crippen LogP contribution in [-0.2, 0) is 0 Å². The fraction of sp³-hybridized carbons (Fsp3) is 0.111. The summed E-state index contributed by atoms with van der Waals surface area (Å²) in [6.07, 6.45) is -1.05. The number of alkyl halides is 3. The van der Waals surface area contributed by atoms with Crippen molar-refractivity contribution in [1.82, 2.24) is 15.0 Å². The molecule has 0 aliphatic rings. The summed E-state index contributed by atoms with van der Waals surface area (Å²) in [4.78, 5) is 23.9. The lowest BCUT2D eigenvalue weighted by atomic mass is 10.3. The minimum atomic E-state index is -4.56. The van der Waals surface area contributed by atoms with Crippen molar-refractivity contribution >= 4 is 23.2 Å². The number of ether oxygens (including phenoxy) is 1. The summed E-state index contributed by atoms with van der Waals surface area (Å²) in [6.45, 7) is -1.55. The van der Waals surface area contributed by atoms with Crippen molar-refractivity contribution < 1.29 is 31.5 Å². The first-order valence-electron chi connectivity index (χ1n) is 8.21. The van der Waals surface area contributed by atoms with Gasteiger partial charge in [-0.3, -0.25) is 9.78 Å². The third-order valence-electron chi connectivity index (χ3n) is 3.49. The molecule has 1 amide bonds. The van der Waals surface area contributed by atoms with Gasteiger partial charge in [-0.25, -0.2) is 18.7 Å². The molecule has 0 fully saturated rings. The molecule has 0 saturated carbocycles. The van der Waals surface area contributed by atoms with Crippen LogP contribution in [0.25, 0.3) is 0 Å². The predicted octanol–water partition coefficient (Wildman–Crippen LogP) is 4.09. The highest BCUT2D eigenvalue weighted by Crippen LogP contribution is 2.26. The van der Waals surface area contributed by atoms with Crippen LogP contribution in [0.5, 0.6) is 5.75 Å². The molecule has 3 rings (SSSR count). The lowest BCUT2D eigenvalue weighted by molar-refractivity contribution is -0.153. The molecule has 2 N–H and O–H groups in total. The second-order valence-corrected chi connectivity index (χ2v) is 5.74. The van der Waals surface area contributed by atoms with Crippen molar-refractivity contribution in [2.75, 3.05) is 17.2 Å². The molecule has 7 nitrogen and oxygen atoms in total. The van der Waals surface area contributed by atoms with E-state index < -0.39 is 30.3 Å². The van der Waals surface area contributed by atoms with E-state index in [0.717, 1.165) is 24.4 Å². The number of rotatable bonds is 6. The van der Waals surface area contributed by atoms with E-state index in [1.54, 1.807) is 0 Å². The molecule has 0 bridgehead atoms. The topological polar surface area (TPSA) is 89.0 Å². The van der Waals surface area contributed by atoms with Gasteiger partial charge in [-0.1, -0.05) is 0 Å². The fourth-order valence-corrected chi connectivity index (χ4v) is 2.20. The lowest BCUT2D eigenvalue weighted by Crippen LogP contribution is -2.21. The number of anilines is 3. The summed E-state index contributed by atoms with van der Waals surface area (Å²) < 4.78 is 68.5. The average Bonchev–Trinajstić information content (AvgIpc) is 2.69. The maximum atomic E-state index is 13.7. The standard InChI is InChI=1S/C18H12F5N5O2/c19-10-1-2-12(11(20)7-10)27-17-25-6-3-13(28-17)16(29)26-14-8-24-5-4-15(14)30-9-18(21,22)23/h1-8H,9H2,(H,26,29)(H,25,27,28). The molecule has 0 aliphatic heterocycles. The van der Waals surface area contributed by atoms with Gasteiger partial charge in [-0.15, -0.1) is 0 Å². The van der Waals surface area contributed by atoms with E-state index in [1.165, 1.54) is 18.5 Å². The number of hydrogen-bond acceptors (Lipinski definition) is 6. The smallest absolute Gasteiger partial charge is 0.422 e. The molecule has 1 aromatic carbocycles. The molecular weight excluding hydrogens is 413 g/mol. The molecule has 0 atom stereocenters. The molecule has 0 aliphatic carbocycles. The third-order valence-corrected chi connectivity index (χ3v) is 3.49. The number of benzene rings is 1. The van der Waals surface area contributed by atoms with Gasteiger partial charge in [0.25, 0.3) is 5.91 Å². The van der Waals surface area contributed by atoms with E-state index in [-0.39, 0.29) is 28.8 Å². The Bertz CT molecular complexity index is 1060. The Morgan fingerprint density at radius 3 is 2.60 bits per heavy atom. The normalized spacial score (nSPS) is 11.1. The number of nitrogens with one attached hydrogen (secondary N) is 2. The quantitative estimate of drug-likeness (QED) is 0.579. The van der Waals surface area contributed by atoms with E-state index in [1.807, 2.05) is 0 Å². The van der Waals surface area contributed by atoms with Crippen molar-refractivity contribution in [1.29, 1.82) is 0 Å². The maximum absolute atomic E-state index is 13.7. The van der Waals surface area contributed by atoms with Gasteiger partial charge < -0.3 is 15.4 Å². The molecule has 0 unspecified atom stereocenters. The summed E-state index contributed by atoms with van der Waals surface area (Å²) in [5.74, 6) is -2.86. The lowest BCUT2D eigenvalue weighted by Gasteiger charge is -2.13. The molecule has 0 radical (unpaired) electrons. The van der Waals surface area contributed by atoms with Crippen LogP contribution in [0.15, 0.2) is 48.9 Å². The maximum Gasteiger partial charge on any atom is 0.422 e. The molecule has 0 saturated heterocycles. The average molecular weight is 425 g/mol. The second kappa shape index (κ2) is 8.68. The van der Waals surface area contributed by atoms with E-state index >= 15 is 0 Å². The predicted molar refractivity (Wildman–Crippen MR) is 95.4 cm³/mol. The zero-order chi connectivity index (χ0) is 21.7. The van der Waals surface area contributed by atoms with Gasteiger partial charge in [-0.2, -0.15) is 13.2 Å². The van der Waals surface area contributed by atoms with Crippen LogP contribution in [0.2, 0.25) is 0 Å². The number of carbonyl (C=O) groups excluding carboxylic acids is 1. The van der Waals surface area contributed by atoms with Crippen LogP contribution in [0.1, 0.15) is 10.5 Å². The van der Waals surface area contributed by atoms with Crippen LogP contribution in [-0.4, -0.2) is 33.6 Å². The molecule has 2 aromatic heterocycles. The number of pyridine rings is 1. The highest BCUT2D eigenvalue weighted by molar-refractivity contribution is 6.03.